The van der Waals surface area contributed by atoms with Crippen molar-refractivity contribution in [2.75, 3.05) is 6.54 Å². The number of carbonyl (C=O) groups excluding carboxylic acids is 1. The lowest BCUT2D eigenvalue weighted by Crippen LogP contribution is -2.39. The van der Waals surface area contributed by atoms with Gasteiger partial charge >= 0.3 is 5.97 Å². The number of nitrogens with zero attached hydrogens (tertiary/aromatic N) is 1. The number of benzene rings is 1. The van der Waals surface area contributed by atoms with Gasteiger partial charge in [-0.05, 0) is 23.8 Å². The zero-order chi connectivity index (χ0) is 14.7. The van der Waals surface area contributed by atoms with Gasteiger partial charge in [-0.3, -0.25) is 4.79 Å². The van der Waals surface area contributed by atoms with Gasteiger partial charge in [0.2, 0.25) is 5.91 Å². The predicted octanol–water partition coefficient (Wildman–Crippen LogP) is 0.885. The molecule has 0 aromatic heterocycles. The van der Waals surface area contributed by atoms with Crippen LogP contribution < -0.4 is 0 Å². The molecule has 1 aliphatic rings. The summed E-state index contributed by atoms with van der Waals surface area (Å²) in [5.74, 6) is -2.08. The fourth-order valence-electron chi connectivity index (χ4n) is 2.16. The quantitative estimate of drug-likeness (QED) is 0.805. The highest BCUT2D eigenvalue weighted by Gasteiger charge is 2.37. The van der Waals surface area contributed by atoms with Gasteiger partial charge in [-0.1, -0.05) is 12.1 Å². The SMILES string of the molecule is O=C(O)[C@H]1C[C@@H](O)CN1C(=O)C=Cc1cccc(F)c1. The number of likely N-dealkylation sites (tertiary alicyclic amines) is 1. The third-order valence-corrected chi connectivity index (χ3v) is 3.11. The smallest absolute Gasteiger partial charge is 0.326 e. The summed E-state index contributed by atoms with van der Waals surface area (Å²) >= 11 is 0. The van der Waals surface area contributed by atoms with E-state index < -0.39 is 29.8 Å². The Morgan fingerprint density at radius 2 is 2.15 bits per heavy atom. The fourth-order valence-corrected chi connectivity index (χ4v) is 2.16. The van der Waals surface area contributed by atoms with Crippen LogP contribution in [0.5, 0.6) is 0 Å². The summed E-state index contributed by atoms with van der Waals surface area (Å²) in [6.45, 7) is -0.0106. The number of carbonyl (C=O) groups is 2. The van der Waals surface area contributed by atoms with Crippen molar-refractivity contribution in [3.05, 3.63) is 41.7 Å². The van der Waals surface area contributed by atoms with E-state index in [1.54, 1.807) is 6.07 Å². The van der Waals surface area contributed by atoms with E-state index in [1.165, 1.54) is 30.4 Å². The average molecular weight is 279 g/mol. The first-order valence-corrected chi connectivity index (χ1v) is 6.12. The highest BCUT2D eigenvalue weighted by atomic mass is 19.1. The van der Waals surface area contributed by atoms with Gasteiger partial charge < -0.3 is 15.1 Å². The first-order chi connectivity index (χ1) is 9.47. The van der Waals surface area contributed by atoms with Gasteiger partial charge in [0.05, 0.1) is 6.10 Å². The lowest BCUT2D eigenvalue weighted by Gasteiger charge is -2.19. The number of hydrogen-bond acceptors (Lipinski definition) is 3. The van der Waals surface area contributed by atoms with Crippen LogP contribution in [0, 0.1) is 5.82 Å². The molecule has 0 bridgehead atoms. The molecule has 0 spiro atoms. The molecule has 20 heavy (non-hydrogen) atoms. The Hall–Kier alpha value is -2.21. The minimum Gasteiger partial charge on any atom is -0.480 e. The molecule has 2 rings (SSSR count). The van der Waals surface area contributed by atoms with Crippen molar-refractivity contribution < 1.29 is 24.2 Å². The topological polar surface area (TPSA) is 77.8 Å². The normalized spacial score (nSPS) is 22.4. The second-order valence-electron chi connectivity index (χ2n) is 4.62. The summed E-state index contributed by atoms with van der Waals surface area (Å²) < 4.78 is 13.0. The summed E-state index contributed by atoms with van der Waals surface area (Å²) in [5.41, 5.74) is 0.505. The molecule has 0 aliphatic carbocycles. The summed E-state index contributed by atoms with van der Waals surface area (Å²) in [7, 11) is 0. The minimum atomic E-state index is -1.14. The minimum absolute atomic E-state index is 0.0106. The maximum absolute atomic E-state index is 13.0. The van der Waals surface area contributed by atoms with E-state index in [2.05, 4.69) is 0 Å². The molecule has 1 fully saturated rings. The van der Waals surface area contributed by atoms with Crippen molar-refractivity contribution in [1.29, 1.82) is 0 Å². The Balaban J connectivity index is 2.09. The van der Waals surface area contributed by atoms with Gasteiger partial charge in [-0.15, -0.1) is 0 Å². The summed E-state index contributed by atoms with van der Waals surface area (Å²) in [5, 5.41) is 18.5. The molecule has 1 heterocycles. The van der Waals surface area contributed by atoms with Gasteiger partial charge in [0, 0.05) is 19.0 Å². The molecule has 106 valence electrons. The van der Waals surface area contributed by atoms with E-state index in [9.17, 15) is 19.1 Å². The lowest BCUT2D eigenvalue weighted by atomic mass is 10.2. The van der Waals surface area contributed by atoms with Crippen molar-refractivity contribution in [2.45, 2.75) is 18.6 Å². The van der Waals surface area contributed by atoms with Gasteiger partial charge in [0.25, 0.3) is 0 Å². The van der Waals surface area contributed by atoms with Crippen LogP contribution in [-0.4, -0.2) is 45.7 Å². The van der Waals surface area contributed by atoms with Crippen LogP contribution in [0.3, 0.4) is 0 Å². The van der Waals surface area contributed by atoms with Crippen molar-refractivity contribution in [3.63, 3.8) is 0 Å². The molecule has 0 radical (unpaired) electrons. The number of carboxylic acids is 1. The van der Waals surface area contributed by atoms with Crippen LogP contribution in [0.4, 0.5) is 4.39 Å². The maximum atomic E-state index is 13.0. The van der Waals surface area contributed by atoms with Crippen molar-refractivity contribution in [2.24, 2.45) is 0 Å². The molecule has 2 N–H and O–H groups in total. The summed E-state index contributed by atoms with van der Waals surface area (Å²) in [6, 6.07) is 4.67. The third kappa shape index (κ3) is 3.21. The van der Waals surface area contributed by atoms with Crippen LogP contribution >= 0.6 is 0 Å². The Kier molecular flexibility index (Phi) is 4.14. The Labute approximate surface area is 114 Å². The van der Waals surface area contributed by atoms with Crippen LogP contribution in [0.2, 0.25) is 0 Å². The van der Waals surface area contributed by atoms with E-state index >= 15 is 0 Å². The zero-order valence-corrected chi connectivity index (χ0v) is 10.6. The molecule has 1 aromatic carbocycles. The van der Waals surface area contributed by atoms with Crippen LogP contribution in [0.25, 0.3) is 6.08 Å². The molecular weight excluding hydrogens is 265 g/mol. The Morgan fingerprint density at radius 1 is 1.40 bits per heavy atom. The lowest BCUT2D eigenvalue weighted by molar-refractivity contribution is -0.146. The number of amides is 1. The van der Waals surface area contributed by atoms with E-state index in [-0.39, 0.29) is 13.0 Å². The van der Waals surface area contributed by atoms with Gasteiger partial charge in [0.1, 0.15) is 11.9 Å². The number of aliphatic carboxylic acids is 1. The number of rotatable bonds is 3. The highest BCUT2D eigenvalue weighted by molar-refractivity contribution is 5.94. The molecule has 1 aliphatic heterocycles. The van der Waals surface area contributed by atoms with Gasteiger partial charge in [0.15, 0.2) is 0 Å². The van der Waals surface area contributed by atoms with Crippen molar-refractivity contribution >= 4 is 18.0 Å². The van der Waals surface area contributed by atoms with Gasteiger partial charge in [-0.25, -0.2) is 9.18 Å². The van der Waals surface area contributed by atoms with E-state index in [4.69, 9.17) is 5.11 Å². The van der Waals surface area contributed by atoms with Crippen molar-refractivity contribution in [3.8, 4) is 0 Å². The zero-order valence-electron chi connectivity index (χ0n) is 10.6. The molecular formula is C14H14FNO4. The maximum Gasteiger partial charge on any atom is 0.326 e. The largest absolute Gasteiger partial charge is 0.480 e. The Bertz CT molecular complexity index is 558. The van der Waals surface area contributed by atoms with Crippen LogP contribution in [0.1, 0.15) is 12.0 Å². The second-order valence-corrected chi connectivity index (χ2v) is 4.62. The highest BCUT2D eigenvalue weighted by Crippen LogP contribution is 2.19. The molecule has 0 saturated carbocycles. The summed E-state index contributed by atoms with van der Waals surface area (Å²) in [6.07, 6.45) is 1.79. The molecule has 1 saturated heterocycles. The second kappa shape index (κ2) is 5.83. The van der Waals surface area contributed by atoms with E-state index in [0.717, 1.165) is 4.90 Å². The van der Waals surface area contributed by atoms with E-state index in [0.29, 0.717) is 5.56 Å². The van der Waals surface area contributed by atoms with E-state index in [1.807, 2.05) is 0 Å². The fraction of sp³-hybridized carbons (Fsp3) is 0.286. The number of hydrogen-bond donors (Lipinski definition) is 2. The predicted molar refractivity (Wildman–Crippen MR) is 69.2 cm³/mol. The standard InChI is InChI=1S/C14H14FNO4/c15-10-3-1-2-9(6-10)4-5-13(18)16-8-11(17)7-12(16)14(19)20/h1-6,11-12,17H,7-8H2,(H,19,20)/t11-,12-/m1/s1. The summed E-state index contributed by atoms with van der Waals surface area (Å²) in [4.78, 5) is 24.0. The monoisotopic (exact) mass is 279 g/mol. The Morgan fingerprint density at radius 3 is 2.80 bits per heavy atom. The van der Waals surface area contributed by atoms with Gasteiger partial charge in [-0.2, -0.15) is 0 Å². The number of carboxylic acid groups (broad SMARTS) is 1. The molecule has 2 atom stereocenters. The first kappa shape index (κ1) is 14.2. The molecule has 1 amide bonds. The molecule has 0 unspecified atom stereocenters. The number of aliphatic hydroxyl groups is 1. The van der Waals surface area contributed by atoms with Crippen molar-refractivity contribution in [1.82, 2.24) is 4.90 Å². The number of halogens is 1. The number of β-amino-alcohol motifs (C(OH)–C–C–N with tert-alkyl or cyclic N) is 1. The van der Waals surface area contributed by atoms with Crippen LogP contribution in [0.15, 0.2) is 30.3 Å². The first-order valence-electron chi connectivity index (χ1n) is 6.12. The molecule has 1 aromatic rings. The molecule has 6 heteroatoms. The van der Waals surface area contributed by atoms with Crippen LogP contribution in [-0.2, 0) is 9.59 Å². The molecule has 5 nitrogen and oxygen atoms in total. The number of aliphatic hydroxyl groups excluding tert-OH is 1. The third-order valence-electron chi connectivity index (χ3n) is 3.11. The average Bonchev–Trinajstić information content (AvgIpc) is 2.78.